The maximum Gasteiger partial charge on any atom is 0.278 e. The highest BCUT2D eigenvalue weighted by molar-refractivity contribution is 7.93. The van der Waals surface area contributed by atoms with E-state index in [-0.39, 0.29) is 10.6 Å². The molecule has 0 aliphatic heterocycles. The summed E-state index contributed by atoms with van der Waals surface area (Å²) in [5.74, 6) is 0.384. The molecule has 0 bridgehead atoms. The number of ether oxygens (including phenoxy) is 2. The lowest BCUT2D eigenvalue weighted by Crippen LogP contribution is -2.40. The Labute approximate surface area is 176 Å². The highest BCUT2D eigenvalue weighted by Crippen LogP contribution is 2.27. The van der Waals surface area contributed by atoms with Crippen LogP contribution in [0.1, 0.15) is 11.1 Å². The molecule has 1 amide bonds. The fourth-order valence-electron chi connectivity index (χ4n) is 2.91. The molecule has 6 nitrogen and oxygen atoms in total. The Morgan fingerprint density at radius 2 is 1.57 bits per heavy atom. The molecular formula is C23H23NO5S. The molecule has 3 rings (SSSR count). The van der Waals surface area contributed by atoms with Crippen LogP contribution in [0.25, 0.3) is 0 Å². The van der Waals surface area contributed by atoms with Crippen LogP contribution in [-0.4, -0.2) is 28.0 Å². The molecule has 0 atom stereocenters. The van der Waals surface area contributed by atoms with Gasteiger partial charge in [0, 0.05) is 0 Å². The zero-order valence-corrected chi connectivity index (χ0v) is 17.8. The molecule has 0 aliphatic carbocycles. The molecule has 156 valence electrons. The van der Waals surface area contributed by atoms with Crippen molar-refractivity contribution in [3.8, 4) is 11.5 Å². The Balaban J connectivity index is 1.96. The summed E-state index contributed by atoms with van der Waals surface area (Å²) in [5, 5.41) is 0. The molecule has 7 heteroatoms. The first-order valence-electron chi connectivity index (χ1n) is 9.31. The first-order chi connectivity index (χ1) is 14.3. The molecule has 0 unspecified atom stereocenters. The molecular weight excluding hydrogens is 402 g/mol. The fraction of sp³-hybridized carbons (Fsp3) is 0.174. The highest BCUT2D eigenvalue weighted by Gasteiger charge is 2.31. The van der Waals surface area contributed by atoms with Crippen LogP contribution in [0, 0.1) is 13.8 Å². The number of methoxy groups -OCH3 is 1. The predicted molar refractivity (Wildman–Crippen MR) is 116 cm³/mol. The molecule has 0 heterocycles. The second kappa shape index (κ2) is 9.00. The summed E-state index contributed by atoms with van der Waals surface area (Å²) in [6.45, 7) is 3.40. The molecule has 0 spiro atoms. The number of anilines is 1. The van der Waals surface area contributed by atoms with Crippen LogP contribution < -0.4 is 13.8 Å². The first kappa shape index (κ1) is 21.4. The third kappa shape index (κ3) is 4.46. The van der Waals surface area contributed by atoms with Gasteiger partial charge < -0.3 is 9.47 Å². The van der Waals surface area contributed by atoms with E-state index in [0.717, 1.165) is 15.4 Å². The highest BCUT2D eigenvalue weighted by atomic mass is 32.2. The number of carbonyl (C=O) groups excluding carboxylic acids is 1. The lowest BCUT2D eigenvalue weighted by Gasteiger charge is -2.23. The van der Waals surface area contributed by atoms with Crippen LogP contribution in [0.4, 0.5) is 5.69 Å². The number of nitrogens with zero attached hydrogens (tertiary/aromatic N) is 1. The van der Waals surface area contributed by atoms with Gasteiger partial charge in [-0.2, -0.15) is 4.31 Å². The molecule has 30 heavy (non-hydrogen) atoms. The standard InChI is InChI=1S/C23H23NO5S/c1-17-8-7-11-22(18(17)2)29-16-23(25)24(19-12-14-20(28-3)15-13-19)30(26,27)21-9-5-4-6-10-21/h4-15H,16H2,1-3H3. The first-order valence-corrected chi connectivity index (χ1v) is 10.7. The fourth-order valence-corrected chi connectivity index (χ4v) is 4.34. The topological polar surface area (TPSA) is 72.9 Å². The van der Waals surface area contributed by atoms with Gasteiger partial charge in [-0.15, -0.1) is 0 Å². The maximum absolute atomic E-state index is 13.3. The van der Waals surface area contributed by atoms with Gasteiger partial charge in [-0.3, -0.25) is 4.79 Å². The van der Waals surface area contributed by atoms with E-state index >= 15 is 0 Å². The number of benzene rings is 3. The van der Waals surface area contributed by atoms with Crippen molar-refractivity contribution < 1.29 is 22.7 Å². The number of rotatable bonds is 7. The van der Waals surface area contributed by atoms with Crippen molar-refractivity contribution in [2.24, 2.45) is 0 Å². The molecule has 0 fully saturated rings. The number of aryl methyl sites for hydroxylation is 1. The Morgan fingerprint density at radius 1 is 0.900 bits per heavy atom. The van der Waals surface area contributed by atoms with Crippen molar-refractivity contribution in [1.82, 2.24) is 0 Å². The van der Waals surface area contributed by atoms with Crippen LogP contribution in [0.5, 0.6) is 11.5 Å². The summed E-state index contributed by atoms with van der Waals surface area (Å²) in [5.41, 5.74) is 2.12. The van der Waals surface area contributed by atoms with Crippen LogP contribution >= 0.6 is 0 Å². The van der Waals surface area contributed by atoms with E-state index in [4.69, 9.17) is 9.47 Å². The Bertz CT molecular complexity index is 1130. The minimum Gasteiger partial charge on any atom is -0.497 e. The summed E-state index contributed by atoms with van der Waals surface area (Å²) >= 11 is 0. The third-order valence-electron chi connectivity index (χ3n) is 4.72. The average molecular weight is 426 g/mol. The van der Waals surface area contributed by atoms with Crippen molar-refractivity contribution in [2.45, 2.75) is 18.7 Å². The maximum atomic E-state index is 13.3. The van der Waals surface area contributed by atoms with Crippen LogP contribution in [0.2, 0.25) is 0 Å². The summed E-state index contributed by atoms with van der Waals surface area (Å²) in [6, 6.07) is 19.6. The van der Waals surface area contributed by atoms with Crippen LogP contribution in [0.15, 0.2) is 77.7 Å². The lowest BCUT2D eigenvalue weighted by molar-refractivity contribution is -0.119. The van der Waals surface area contributed by atoms with E-state index < -0.39 is 22.5 Å². The van der Waals surface area contributed by atoms with Crippen molar-refractivity contribution in [2.75, 3.05) is 18.0 Å². The van der Waals surface area contributed by atoms with Gasteiger partial charge in [0.15, 0.2) is 6.61 Å². The van der Waals surface area contributed by atoms with Crippen molar-refractivity contribution in [3.63, 3.8) is 0 Å². The van der Waals surface area contributed by atoms with Gasteiger partial charge in [0.25, 0.3) is 15.9 Å². The largest absolute Gasteiger partial charge is 0.497 e. The van der Waals surface area contributed by atoms with Crippen LogP contribution in [0.3, 0.4) is 0 Å². The van der Waals surface area contributed by atoms with E-state index in [9.17, 15) is 13.2 Å². The molecule has 0 saturated heterocycles. The Hall–Kier alpha value is -3.32. The minimum atomic E-state index is -4.13. The molecule has 0 radical (unpaired) electrons. The summed E-state index contributed by atoms with van der Waals surface area (Å²) in [7, 11) is -2.62. The number of amides is 1. The number of hydrogen-bond acceptors (Lipinski definition) is 5. The van der Waals surface area contributed by atoms with Crippen molar-refractivity contribution in [1.29, 1.82) is 0 Å². The van der Waals surface area contributed by atoms with E-state index in [0.29, 0.717) is 11.5 Å². The van der Waals surface area contributed by atoms with E-state index in [1.54, 1.807) is 36.4 Å². The lowest BCUT2D eigenvalue weighted by atomic mass is 10.1. The summed E-state index contributed by atoms with van der Waals surface area (Å²) < 4.78 is 38.1. The monoisotopic (exact) mass is 425 g/mol. The second-order valence-electron chi connectivity index (χ2n) is 6.66. The van der Waals surface area contributed by atoms with Crippen LogP contribution in [-0.2, 0) is 14.8 Å². The summed E-state index contributed by atoms with van der Waals surface area (Å²) in [4.78, 5) is 13.1. The van der Waals surface area contributed by atoms with E-state index in [2.05, 4.69) is 0 Å². The minimum absolute atomic E-state index is 0.0147. The normalized spacial score (nSPS) is 11.0. The predicted octanol–water partition coefficient (Wildman–Crippen LogP) is 4.11. The second-order valence-corrected chi connectivity index (χ2v) is 8.45. The number of carbonyl (C=O) groups is 1. The van der Waals surface area contributed by atoms with Gasteiger partial charge in [0.1, 0.15) is 11.5 Å². The zero-order valence-electron chi connectivity index (χ0n) is 17.0. The number of sulfonamides is 1. The van der Waals surface area contributed by atoms with Crippen molar-refractivity contribution in [3.05, 3.63) is 83.9 Å². The van der Waals surface area contributed by atoms with Gasteiger partial charge in [0.05, 0.1) is 17.7 Å². The quantitative estimate of drug-likeness (QED) is 0.570. The average Bonchev–Trinajstić information content (AvgIpc) is 2.76. The zero-order chi connectivity index (χ0) is 21.7. The van der Waals surface area contributed by atoms with Gasteiger partial charge in [-0.1, -0.05) is 30.3 Å². The molecule has 0 aromatic heterocycles. The van der Waals surface area contributed by atoms with E-state index in [1.165, 1.54) is 31.4 Å². The molecule has 3 aromatic rings. The third-order valence-corrected chi connectivity index (χ3v) is 6.48. The van der Waals surface area contributed by atoms with Gasteiger partial charge in [-0.05, 0) is 67.4 Å². The van der Waals surface area contributed by atoms with Gasteiger partial charge >= 0.3 is 0 Å². The molecule has 3 aromatic carbocycles. The smallest absolute Gasteiger partial charge is 0.278 e. The van der Waals surface area contributed by atoms with E-state index in [1.807, 2.05) is 26.0 Å². The van der Waals surface area contributed by atoms with Crippen molar-refractivity contribution >= 4 is 21.6 Å². The molecule has 0 aliphatic rings. The summed E-state index contributed by atoms with van der Waals surface area (Å²) in [6.07, 6.45) is 0. The Morgan fingerprint density at radius 3 is 2.20 bits per heavy atom. The molecule has 0 N–H and O–H groups in total. The SMILES string of the molecule is COc1ccc(N(C(=O)COc2cccc(C)c2C)S(=O)(=O)c2ccccc2)cc1. The Kier molecular flexibility index (Phi) is 6.42. The van der Waals surface area contributed by atoms with Gasteiger partial charge in [-0.25, -0.2) is 8.42 Å². The molecule has 0 saturated carbocycles. The number of hydrogen-bond donors (Lipinski definition) is 0. The van der Waals surface area contributed by atoms with Gasteiger partial charge in [0.2, 0.25) is 0 Å².